The van der Waals surface area contributed by atoms with Gasteiger partial charge in [0.15, 0.2) is 6.35 Å². The second kappa shape index (κ2) is 11.6. The quantitative estimate of drug-likeness (QED) is 0.417. The first kappa shape index (κ1) is 24.1. The predicted octanol–water partition coefficient (Wildman–Crippen LogP) is -2.62. The second-order valence-corrected chi connectivity index (χ2v) is 8.66. The van der Waals surface area contributed by atoms with Crippen molar-refractivity contribution in [1.29, 1.82) is 0 Å². The molecule has 0 saturated carbocycles. The summed E-state index contributed by atoms with van der Waals surface area (Å²) in [5.74, 6) is 0. The third-order valence-corrected chi connectivity index (χ3v) is 8.10. The predicted molar refractivity (Wildman–Crippen MR) is 110 cm³/mol. The zero-order valence-electron chi connectivity index (χ0n) is 14.5. The highest BCUT2D eigenvalue weighted by Gasteiger charge is 2.45. The highest BCUT2D eigenvalue weighted by Crippen LogP contribution is 2.54. The molecule has 0 amide bonds. The van der Waals surface area contributed by atoms with E-state index < -0.39 is 7.26 Å². The maximum atomic E-state index is 5.72. The lowest BCUT2D eigenvalue weighted by molar-refractivity contribution is -0.00100. The van der Waals surface area contributed by atoms with Crippen molar-refractivity contribution in [3.8, 4) is 0 Å². The van der Waals surface area contributed by atoms with Crippen molar-refractivity contribution in [2.45, 2.75) is 0 Å². The van der Waals surface area contributed by atoms with E-state index in [0.717, 1.165) is 0 Å². The Morgan fingerprint density at radius 3 is 1.12 bits per heavy atom. The molecule has 5 heteroatoms. The molecule has 0 aliphatic heterocycles. The third kappa shape index (κ3) is 5.04. The molecule has 1 atom stereocenters. The van der Waals surface area contributed by atoms with Crippen molar-refractivity contribution in [3.05, 3.63) is 91.0 Å². The summed E-state index contributed by atoms with van der Waals surface area (Å²) in [6.45, 7) is 0. The van der Waals surface area contributed by atoms with E-state index in [1.54, 1.807) is 7.11 Å². The maximum absolute atomic E-state index is 5.72. The summed E-state index contributed by atoms with van der Waals surface area (Å²) in [4.78, 5) is 0. The van der Waals surface area contributed by atoms with Crippen molar-refractivity contribution >= 4 is 33.1 Å². The van der Waals surface area contributed by atoms with Gasteiger partial charge in [0, 0.05) is 7.11 Å². The summed E-state index contributed by atoms with van der Waals surface area (Å²) in [5.41, 5.74) is 0. The molecule has 0 aliphatic rings. The SMILES string of the molecule is COC[P+](c1ccccc1)(c1ccccc1)c1ccccc1.[Cl-].[Cl-].[PH4+]. The highest BCUT2D eigenvalue weighted by molar-refractivity contribution is 7.95. The van der Waals surface area contributed by atoms with Crippen LogP contribution in [0.4, 0.5) is 0 Å². The van der Waals surface area contributed by atoms with Crippen molar-refractivity contribution in [1.82, 2.24) is 0 Å². The van der Waals surface area contributed by atoms with E-state index in [9.17, 15) is 0 Å². The molecule has 0 aliphatic carbocycles. The molecule has 1 unspecified atom stereocenters. The number of benzene rings is 3. The van der Waals surface area contributed by atoms with Crippen molar-refractivity contribution in [3.63, 3.8) is 0 Å². The van der Waals surface area contributed by atoms with E-state index in [1.807, 2.05) is 0 Å². The van der Waals surface area contributed by atoms with Crippen LogP contribution in [-0.2, 0) is 4.74 Å². The lowest BCUT2D eigenvalue weighted by atomic mass is 10.4. The van der Waals surface area contributed by atoms with Gasteiger partial charge in [-0.15, -0.1) is 0 Å². The average molecular weight is 413 g/mol. The first-order chi connectivity index (χ1) is 10.9. The molecule has 0 saturated heterocycles. The van der Waals surface area contributed by atoms with Crippen LogP contribution in [0.5, 0.6) is 0 Å². The van der Waals surface area contributed by atoms with E-state index in [4.69, 9.17) is 4.74 Å². The molecule has 25 heavy (non-hydrogen) atoms. The Bertz CT molecular complexity index is 613. The van der Waals surface area contributed by atoms with E-state index in [0.29, 0.717) is 6.35 Å². The van der Waals surface area contributed by atoms with E-state index >= 15 is 0 Å². The Labute approximate surface area is 167 Å². The van der Waals surface area contributed by atoms with Gasteiger partial charge in [-0.25, -0.2) is 0 Å². The van der Waals surface area contributed by atoms with Gasteiger partial charge in [-0.05, 0) is 46.3 Å². The lowest BCUT2D eigenvalue weighted by Gasteiger charge is -2.26. The molecule has 0 radical (unpaired) electrons. The summed E-state index contributed by atoms with van der Waals surface area (Å²) < 4.78 is 5.72. The van der Waals surface area contributed by atoms with Gasteiger partial charge in [-0.1, -0.05) is 54.6 Å². The summed E-state index contributed by atoms with van der Waals surface area (Å²) in [6, 6.07) is 32.3. The molecule has 0 spiro atoms. The Hall–Kier alpha value is -0.940. The van der Waals surface area contributed by atoms with E-state index in [2.05, 4.69) is 91.0 Å². The molecular weight excluding hydrogens is 389 g/mol. The third-order valence-electron chi connectivity index (χ3n) is 3.91. The monoisotopic (exact) mass is 412 g/mol. The van der Waals surface area contributed by atoms with Gasteiger partial charge in [0.05, 0.1) is 0 Å². The molecule has 1 nitrogen and oxygen atoms in total. The van der Waals surface area contributed by atoms with Gasteiger partial charge < -0.3 is 29.6 Å². The van der Waals surface area contributed by atoms with Crippen LogP contribution in [0.1, 0.15) is 0 Å². The Balaban J connectivity index is 0.00000192. The fraction of sp³-hybridized carbons (Fsp3) is 0.100. The molecule has 0 N–H and O–H groups in total. The number of hydrogen-bond donors (Lipinski definition) is 0. The van der Waals surface area contributed by atoms with Crippen LogP contribution < -0.4 is 40.7 Å². The van der Waals surface area contributed by atoms with Gasteiger partial charge in [0.25, 0.3) is 0 Å². The van der Waals surface area contributed by atoms with Crippen LogP contribution in [0.2, 0.25) is 0 Å². The van der Waals surface area contributed by atoms with E-state index in [1.165, 1.54) is 15.9 Å². The molecule has 0 bridgehead atoms. The largest absolute Gasteiger partial charge is 1.00 e. The highest BCUT2D eigenvalue weighted by atomic mass is 35.5. The fourth-order valence-electron chi connectivity index (χ4n) is 2.91. The summed E-state index contributed by atoms with van der Waals surface area (Å²) in [5, 5.41) is 4.07. The summed E-state index contributed by atoms with van der Waals surface area (Å²) in [7, 11) is 0.0197. The minimum absolute atomic E-state index is 0. The first-order valence-electron chi connectivity index (χ1n) is 7.42. The van der Waals surface area contributed by atoms with Gasteiger partial charge >= 0.3 is 0 Å². The van der Waals surface area contributed by atoms with Crippen LogP contribution in [0.25, 0.3) is 0 Å². The van der Waals surface area contributed by atoms with Crippen molar-refractivity contribution < 1.29 is 29.6 Å². The maximum Gasteiger partial charge on any atom is 0.170 e. The molecule has 0 heterocycles. The molecule has 134 valence electrons. The first-order valence-corrected chi connectivity index (χ1v) is 9.39. The number of hydrogen-bond acceptors (Lipinski definition) is 1. The molecule has 0 fully saturated rings. The van der Waals surface area contributed by atoms with Crippen LogP contribution in [-0.4, -0.2) is 13.5 Å². The number of rotatable bonds is 5. The second-order valence-electron chi connectivity index (χ2n) is 5.23. The molecule has 3 aromatic carbocycles. The van der Waals surface area contributed by atoms with Crippen LogP contribution in [0.15, 0.2) is 91.0 Å². The van der Waals surface area contributed by atoms with Gasteiger partial charge in [0.2, 0.25) is 0 Å². The molecule has 3 aromatic rings. The van der Waals surface area contributed by atoms with Crippen LogP contribution >= 0.6 is 17.2 Å². The van der Waals surface area contributed by atoms with Gasteiger partial charge in [-0.3, -0.25) is 0 Å². The molecule has 0 aromatic heterocycles. The average Bonchev–Trinajstić information content (AvgIpc) is 2.62. The smallest absolute Gasteiger partial charge is 0.170 e. The lowest BCUT2D eigenvalue weighted by Crippen LogP contribution is -3.00. The summed E-state index contributed by atoms with van der Waals surface area (Å²) >= 11 is 0. The Morgan fingerprint density at radius 2 is 0.880 bits per heavy atom. The van der Waals surface area contributed by atoms with Crippen LogP contribution in [0.3, 0.4) is 0 Å². The summed E-state index contributed by atoms with van der Waals surface area (Å²) in [6.07, 6.45) is 0.713. The van der Waals surface area contributed by atoms with Gasteiger partial charge in [-0.2, -0.15) is 0 Å². The zero-order chi connectivity index (χ0) is 15.3. The molecule has 3 rings (SSSR count). The van der Waals surface area contributed by atoms with Crippen molar-refractivity contribution in [2.24, 2.45) is 0 Å². The minimum atomic E-state index is -1.78. The van der Waals surface area contributed by atoms with Crippen LogP contribution in [0, 0.1) is 0 Å². The minimum Gasteiger partial charge on any atom is -1.00 e. The van der Waals surface area contributed by atoms with Crippen molar-refractivity contribution in [2.75, 3.05) is 13.5 Å². The molecular formula is C20H24Cl2OP2. The van der Waals surface area contributed by atoms with Gasteiger partial charge in [0.1, 0.15) is 23.2 Å². The fourth-order valence-corrected chi connectivity index (χ4v) is 6.68. The topological polar surface area (TPSA) is 9.23 Å². The Kier molecular flexibility index (Phi) is 11.2. The number of halogens is 2. The zero-order valence-corrected chi connectivity index (χ0v) is 18.9. The standard InChI is InChI=1S/C20H20OP.2ClH.H3P/c1-21-17-22(18-11-5-2-6-12-18,19-13-7-3-8-14-19)20-15-9-4-10-16-20;;;/h2-16H,17H2,1H3;2*1H;1H3/q+1;;;/p-1. The number of methoxy groups -OCH3 is 1. The Morgan fingerprint density at radius 1 is 0.600 bits per heavy atom. The van der Waals surface area contributed by atoms with E-state index in [-0.39, 0.29) is 34.7 Å². The normalized spacial score (nSPS) is 9.96. The number of ether oxygens (including phenoxy) is 1.